The number of aliphatic carboxylic acids is 1. The fourth-order valence-electron chi connectivity index (χ4n) is 3.01. The summed E-state index contributed by atoms with van der Waals surface area (Å²) in [6.07, 6.45) is 3.08. The zero-order chi connectivity index (χ0) is 15.5. The van der Waals surface area contributed by atoms with E-state index in [0.29, 0.717) is 17.7 Å². The van der Waals surface area contributed by atoms with Gasteiger partial charge in [-0.2, -0.15) is 0 Å². The maximum atomic E-state index is 12.5. The predicted molar refractivity (Wildman–Crippen MR) is 78.5 cm³/mol. The Morgan fingerprint density at radius 2 is 2.05 bits per heavy atom. The predicted octanol–water partition coefficient (Wildman–Crippen LogP) is 2.46. The van der Waals surface area contributed by atoms with Gasteiger partial charge < -0.3 is 15.2 Å². The van der Waals surface area contributed by atoms with Crippen LogP contribution in [0.15, 0.2) is 24.3 Å². The van der Waals surface area contributed by atoms with Crippen LogP contribution in [0.4, 0.5) is 0 Å². The topological polar surface area (TPSA) is 75.6 Å². The molecule has 1 amide bonds. The Balaban J connectivity index is 2.29. The first-order valence-electron chi connectivity index (χ1n) is 7.20. The fraction of sp³-hybridized carbons (Fsp3) is 0.500. The van der Waals surface area contributed by atoms with Gasteiger partial charge in [0.05, 0.1) is 12.7 Å². The molecular weight excluding hydrogens is 270 g/mol. The first-order valence-corrected chi connectivity index (χ1v) is 7.20. The lowest BCUT2D eigenvalue weighted by Crippen LogP contribution is -2.60. The van der Waals surface area contributed by atoms with Gasteiger partial charge in [-0.05, 0) is 30.9 Å². The summed E-state index contributed by atoms with van der Waals surface area (Å²) in [5, 5.41) is 12.4. The van der Waals surface area contributed by atoms with Gasteiger partial charge in [-0.1, -0.05) is 31.9 Å². The number of para-hydroxylation sites is 1. The van der Waals surface area contributed by atoms with E-state index >= 15 is 0 Å². The molecule has 5 heteroatoms. The molecule has 0 aliphatic heterocycles. The molecule has 0 heterocycles. The van der Waals surface area contributed by atoms with Crippen LogP contribution in [-0.4, -0.2) is 29.6 Å². The van der Waals surface area contributed by atoms with Crippen molar-refractivity contribution in [1.82, 2.24) is 5.32 Å². The Hall–Kier alpha value is -2.04. The van der Waals surface area contributed by atoms with Crippen molar-refractivity contribution in [2.45, 2.75) is 38.1 Å². The number of hydrogen-bond donors (Lipinski definition) is 2. The van der Waals surface area contributed by atoms with E-state index in [1.165, 1.54) is 7.11 Å². The second-order valence-corrected chi connectivity index (χ2v) is 5.58. The van der Waals surface area contributed by atoms with Crippen LogP contribution in [0.1, 0.15) is 43.0 Å². The van der Waals surface area contributed by atoms with Crippen LogP contribution >= 0.6 is 0 Å². The van der Waals surface area contributed by atoms with Crippen molar-refractivity contribution in [2.75, 3.05) is 7.11 Å². The summed E-state index contributed by atoms with van der Waals surface area (Å²) in [6, 6.07) is 6.82. The van der Waals surface area contributed by atoms with Gasteiger partial charge in [-0.3, -0.25) is 4.79 Å². The van der Waals surface area contributed by atoms with Crippen molar-refractivity contribution < 1.29 is 19.4 Å². The van der Waals surface area contributed by atoms with E-state index in [1.807, 2.05) is 6.92 Å². The van der Waals surface area contributed by atoms with E-state index in [9.17, 15) is 14.7 Å². The lowest BCUT2D eigenvalue weighted by molar-refractivity contribution is -0.148. The van der Waals surface area contributed by atoms with E-state index < -0.39 is 17.4 Å². The quantitative estimate of drug-likeness (QED) is 0.893. The fourth-order valence-corrected chi connectivity index (χ4v) is 3.01. The first-order chi connectivity index (χ1) is 10.0. The number of ether oxygens (including phenoxy) is 1. The van der Waals surface area contributed by atoms with E-state index in [0.717, 1.165) is 19.3 Å². The molecule has 1 saturated carbocycles. The minimum Gasteiger partial charge on any atom is -0.496 e. The van der Waals surface area contributed by atoms with Gasteiger partial charge in [-0.15, -0.1) is 0 Å². The third-order valence-electron chi connectivity index (χ3n) is 4.37. The first kappa shape index (κ1) is 15.4. The SMILES string of the molecule is COc1ccccc1C(=O)NC1(C(=O)O)CCCCC1C. The number of carboxylic acids is 1. The second kappa shape index (κ2) is 6.16. The molecule has 1 aliphatic carbocycles. The number of carbonyl (C=O) groups is 2. The Morgan fingerprint density at radius 1 is 1.33 bits per heavy atom. The minimum absolute atomic E-state index is 0.0950. The molecule has 0 radical (unpaired) electrons. The van der Waals surface area contributed by atoms with Crippen LogP contribution in [0, 0.1) is 5.92 Å². The van der Waals surface area contributed by atoms with Crippen LogP contribution in [0.2, 0.25) is 0 Å². The molecule has 1 fully saturated rings. The summed E-state index contributed by atoms with van der Waals surface area (Å²) in [5.74, 6) is -1.01. The smallest absolute Gasteiger partial charge is 0.329 e. The summed E-state index contributed by atoms with van der Waals surface area (Å²) in [5.41, 5.74) is -0.825. The molecular formula is C16H21NO4. The molecule has 0 bridgehead atoms. The lowest BCUT2D eigenvalue weighted by Gasteiger charge is -2.39. The van der Waals surface area contributed by atoms with Gasteiger partial charge >= 0.3 is 5.97 Å². The Morgan fingerprint density at radius 3 is 2.67 bits per heavy atom. The highest BCUT2D eigenvalue weighted by Crippen LogP contribution is 2.34. The van der Waals surface area contributed by atoms with Crippen molar-refractivity contribution in [3.8, 4) is 5.75 Å². The van der Waals surface area contributed by atoms with Crippen molar-refractivity contribution in [3.05, 3.63) is 29.8 Å². The summed E-state index contributed by atoms with van der Waals surface area (Å²) >= 11 is 0. The largest absolute Gasteiger partial charge is 0.496 e. The minimum atomic E-state index is -1.18. The number of rotatable bonds is 4. The third kappa shape index (κ3) is 2.86. The van der Waals surface area contributed by atoms with Crippen LogP contribution in [0.5, 0.6) is 5.75 Å². The maximum Gasteiger partial charge on any atom is 0.329 e. The number of carboxylic acid groups (broad SMARTS) is 1. The maximum absolute atomic E-state index is 12.5. The highest BCUT2D eigenvalue weighted by Gasteiger charge is 2.46. The van der Waals surface area contributed by atoms with E-state index in [2.05, 4.69) is 5.32 Å². The number of benzene rings is 1. The summed E-state index contributed by atoms with van der Waals surface area (Å²) in [4.78, 5) is 24.3. The van der Waals surface area contributed by atoms with Gasteiger partial charge in [0.2, 0.25) is 0 Å². The average Bonchev–Trinajstić information content (AvgIpc) is 2.49. The van der Waals surface area contributed by atoms with Crippen molar-refractivity contribution in [3.63, 3.8) is 0 Å². The molecule has 114 valence electrons. The Kier molecular flexibility index (Phi) is 4.50. The van der Waals surface area contributed by atoms with Crippen molar-refractivity contribution in [1.29, 1.82) is 0 Å². The van der Waals surface area contributed by atoms with Gasteiger partial charge in [0.25, 0.3) is 5.91 Å². The molecule has 1 aromatic rings. The van der Waals surface area contributed by atoms with Gasteiger partial charge in [-0.25, -0.2) is 4.79 Å². The van der Waals surface area contributed by atoms with Crippen LogP contribution < -0.4 is 10.1 Å². The van der Waals surface area contributed by atoms with E-state index in [-0.39, 0.29) is 5.92 Å². The Bertz CT molecular complexity index is 543. The molecule has 2 rings (SSSR count). The standard InChI is InChI=1S/C16H21NO4/c1-11-7-5-6-10-16(11,15(19)20)17-14(18)12-8-3-4-9-13(12)21-2/h3-4,8-9,11H,5-7,10H2,1-2H3,(H,17,18)(H,19,20). The molecule has 1 aliphatic rings. The van der Waals surface area contributed by atoms with Crippen molar-refractivity contribution in [2.24, 2.45) is 5.92 Å². The van der Waals surface area contributed by atoms with Gasteiger partial charge in [0, 0.05) is 0 Å². The summed E-state index contributed by atoms with van der Waals surface area (Å²) in [6.45, 7) is 1.88. The molecule has 21 heavy (non-hydrogen) atoms. The van der Waals surface area contributed by atoms with Crippen LogP contribution in [-0.2, 0) is 4.79 Å². The van der Waals surface area contributed by atoms with Gasteiger partial charge in [0.1, 0.15) is 11.3 Å². The highest BCUT2D eigenvalue weighted by atomic mass is 16.5. The normalized spacial score (nSPS) is 25.1. The molecule has 0 aromatic heterocycles. The second-order valence-electron chi connectivity index (χ2n) is 5.58. The molecule has 5 nitrogen and oxygen atoms in total. The molecule has 2 atom stereocenters. The lowest BCUT2D eigenvalue weighted by atomic mass is 9.73. The molecule has 1 aromatic carbocycles. The van der Waals surface area contributed by atoms with E-state index in [1.54, 1.807) is 24.3 Å². The highest BCUT2D eigenvalue weighted by molar-refractivity contribution is 6.00. The third-order valence-corrected chi connectivity index (χ3v) is 4.37. The van der Waals surface area contributed by atoms with Crippen molar-refractivity contribution >= 4 is 11.9 Å². The number of nitrogens with one attached hydrogen (secondary N) is 1. The molecule has 2 N–H and O–H groups in total. The molecule has 0 spiro atoms. The van der Waals surface area contributed by atoms with E-state index in [4.69, 9.17) is 4.74 Å². The number of amides is 1. The number of hydrogen-bond acceptors (Lipinski definition) is 3. The zero-order valence-electron chi connectivity index (χ0n) is 12.4. The monoisotopic (exact) mass is 291 g/mol. The number of carbonyl (C=O) groups excluding carboxylic acids is 1. The average molecular weight is 291 g/mol. The molecule has 2 unspecified atom stereocenters. The van der Waals surface area contributed by atoms with Gasteiger partial charge in [0.15, 0.2) is 0 Å². The van der Waals surface area contributed by atoms with Crippen LogP contribution in [0.25, 0.3) is 0 Å². The zero-order valence-corrected chi connectivity index (χ0v) is 12.4. The number of methoxy groups -OCH3 is 1. The summed E-state index contributed by atoms with van der Waals surface area (Å²) < 4.78 is 5.17. The summed E-state index contributed by atoms with van der Waals surface area (Å²) in [7, 11) is 1.49. The van der Waals surface area contributed by atoms with Crippen LogP contribution in [0.3, 0.4) is 0 Å². The molecule has 0 saturated heterocycles. The Labute approximate surface area is 124 Å².